The highest BCUT2D eigenvalue weighted by atomic mass is 32.1. The average Bonchev–Trinajstić information content (AvgIpc) is 2.83. The van der Waals surface area contributed by atoms with Crippen LogP contribution in [0, 0.1) is 0 Å². The lowest BCUT2D eigenvalue weighted by atomic mass is 10.3. The minimum absolute atomic E-state index is 0.389. The number of hydrogen-bond donors (Lipinski definition) is 2. The first kappa shape index (κ1) is 12.0. The molecule has 0 bridgehead atoms. The Balaban J connectivity index is 1.71. The summed E-state index contributed by atoms with van der Waals surface area (Å²) in [6, 6.07) is 9.66. The van der Waals surface area contributed by atoms with Crippen LogP contribution in [0.1, 0.15) is 5.69 Å². The zero-order valence-electron chi connectivity index (χ0n) is 8.92. The van der Waals surface area contributed by atoms with Crippen LogP contribution >= 0.6 is 23.6 Å². The molecule has 1 aromatic heterocycles. The molecule has 6 heteroatoms. The second-order valence-corrected chi connectivity index (χ2v) is 4.32. The van der Waals surface area contributed by atoms with Crippen LogP contribution < -0.4 is 10.8 Å². The van der Waals surface area contributed by atoms with E-state index in [0.29, 0.717) is 11.7 Å². The van der Waals surface area contributed by atoms with Crippen LogP contribution in [0.15, 0.2) is 41.2 Å². The van der Waals surface area contributed by atoms with Gasteiger partial charge in [0.1, 0.15) is 6.61 Å². The van der Waals surface area contributed by atoms with Crippen molar-refractivity contribution in [2.45, 2.75) is 6.61 Å². The number of hydroxylamine groups is 1. The molecule has 0 fully saturated rings. The number of aromatic nitrogens is 1. The van der Waals surface area contributed by atoms with Crippen LogP contribution in [-0.2, 0) is 11.4 Å². The molecule has 0 saturated heterocycles. The molecule has 2 N–H and O–H groups in total. The second kappa shape index (κ2) is 6.29. The fraction of sp³-hybridized carbons (Fsp3) is 0.0909. The number of nitrogens with one attached hydrogen (secondary N) is 2. The molecule has 0 radical (unpaired) electrons. The number of thiazole rings is 1. The van der Waals surface area contributed by atoms with Crippen molar-refractivity contribution in [3.8, 4) is 0 Å². The van der Waals surface area contributed by atoms with Crippen LogP contribution in [0.2, 0.25) is 0 Å². The van der Waals surface area contributed by atoms with Gasteiger partial charge in [0, 0.05) is 11.1 Å². The Morgan fingerprint density at radius 1 is 1.35 bits per heavy atom. The van der Waals surface area contributed by atoms with E-state index in [2.05, 4.69) is 15.8 Å². The van der Waals surface area contributed by atoms with Crippen LogP contribution in [0.4, 0.5) is 5.69 Å². The Hall–Kier alpha value is -1.50. The van der Waals surface area contributed by atoms with Crippen LogP contribution in [0.5, 0.6) is 0 Å². The highest BCUT2D eigenvalue weighted by Gasteiger charge is 1.98. The number of anilines is 1. The van der Waals surface area contributed by atoms with Crippen molar-refractivity contribution in [1.82, 2.24) is 10.5 Å². The molecule has 0 unspecified atom stereocenters. The van der Waals surface area contributed by atoms with Crippen molar-refractivity contribution < 1.29 is 4.84 Å². The average molecular weight is 265 g/mol. The lowest BCUT2D eigenvalue weighted by Crippen LogP contribution is -2.28. The molecule has 88 valence electrons. The van der Waals surface area contributed by atoms with Gasteiger partial charge in [-0.1, -0.05) is 18.2 Å². The van der Waals surface area contributed by atoms with Gasteiger partial charge in [-0.2, -0.15) is 0 Å². The molecule has 0 aliphatic heterocycles. The van der Waals surface area contributed by atoms with Gasteiger partial charge < -0.3 is 5.32 Å². The number of rotatable bonds is 4. The Kier molecular flexibility index (Phi) is 4.43. The molecule has 0 aliphatic rings. The predicted molar refractivity (Wildman–Crippen MR) is 72.7 cm³/mol. The number of nitrogens with zero attached hydrogens (tertiary/aromatic N) is 1. The highest BCUT2D eigenvalue weighted by Crippen LogP contribution is 2.05. The molecule has 0 atom stereocenters. The quantitative estimate of drug-likeness (QED) is 0.657. The molecule has 0 spiro atoms. The van der Waals surface area contributed by atoms with Crippen molar-refractivity contribution in [1.29, 1.82) is 0 Å². The van der Waals surface area contributed by atoms with Crippen LogP contribution in [0.25, 0.3) is 0 Å². The first-order valence-corrected chi connectivity index (χ1v) is 6.30. The van der Waals surface area contributed by atoms with Gasteiger partial charge >= 0.3 is 0 Å². The van der Waals surface area contributed by atoms with Gasteiger partial charge in [-0.3, -0.25) is 4.84 Å². The van der Waals surface area contributed by atoms with Crippen LogP contribution in [0.3, 0.4) is 0 Å². The lowest BCUT2D eigenvalue weighted by Gasteiger charge is -2.09. The molecular weight excluding hydrogens is 254 g/mol. The van der Waals surface area contributed by atoms with Gasteiger partial charge in [0.05, 0.1) is 11.2 Å². The third kappa shape index (κ3) is 4.10. The van der Waals surface area contributed by atoms with Crippen molar-refractivity contribution in [2.75, 3.05) is 5.32 Å². The summed E-state index contributed by atoms with van der Waals surface area (Å²) in [4.78, 5) is 9.29. The van der Waals surface area contributed by atoms with Crippen molar-refractivity contribution in [3.05, 3.63) is 46.9 Å². The van der Waals surface area contributed by atoms with Crippen molar-refractivity contribution >= 4 is 34.4 Å². The zero-order valence-corrected chi connectivity index (χ0v) is 10.6. The molecule has 0 aliphatic carbocycles. The fourth-order valence-corrected chi connectivity index (χ4v) is 1.88. The van der Waals surface area contributed by atoms with E-state index in [0.717, 1.165) is 11.4 Å². The van der Waals surface area contributed by atoms with Gasteiger partial charge in [-0.05, 0) is 24.4 Å². The summed E-state index contributed by atoms with van der Waals surface area (Å²) in [5, 5.41) is 5.35. The SMILES string of the molecule is S=C(NOCc1cscn1)Nc1ccccc1. The van der Waals surface area contributed by atoms with E-state index in [4.69, 9.17) is 17.1 Å². The molecule has 1 heterocycles. The molecule has 2 aromatic rings. The maximum absolute atomic E-state index is 5.20. The van der Waals surface area contributed by atoms with E-state index in [1.807, 2.05) is 35.7 Å². The summed E-state index contributed by atoms with van der Waals surface area (Å²) in [7, 11) is 0. The van der Waals surface area contributed by atoms with E-state index in [1.165, 1.54) is 11.3 Å². The summed E-state index contributed by atoms with van der Waals surface area (Å²) in [6.45, 7) is 0.389. The summed E-state index contributed by atoms with van der Waals surface area (Å²) in [5.74, 6) is 0. The molecule has 1 aromatic carbocycles. The van der Waals surface area contributed by atoms with E-state index < -0.39 is 0 Å². The first-order valence-electron chi connectivity index (χ1n) is 4.95. The topological polar surface area (TPSA) is 46.2 Å². The molecule has 0 amide bonds. The van der Waals surface area contributed by atoms with Crippen molar-refractivity contribution in [2.24, 2.45) is 0 Å². The minimum atomic E-state index is 0.389. The van der Waals surface area contributed by atoms with Gasteiger partial charge in [0.25, 0.3) is 0 Å². The number of thiocarbonyl (C=S) groups is 1. The van der Waals surface area contributed by atoms with Crippen LogP contribution in [-0.4, -0.2) is 10.1 Å². The molecule has 0 saturated carbocycles. The minimum Gasteiger partial charge on any atom is -0.331 e. The number of para-hydroxylation sites is 1. The lowest BCUT2D eigenvalue weighted by molar-refractivity contribution is 0.0709. The second-order valence-electron chi connectivity index (χ2n) is 3.19. The predicted octanol–water partition coefficient (Wildman–Crippen LogP) is 2.56. The van der Waals surface area contributed by atoms with E-state index in [1.54, 1.807) is 5.51 Å². The van der Waals surface area contributed by atoms with E-state index in [9.17, 15) is 0 Å². The molecule has 17 heavy (non-hydrogen) atoms. The summed E-state index contributed by atoms with van der Waals surface area (Å²) in [6.07, 6.45) is 0. The number of benzene rings is 1. The largest absolute Gasteiger partial charge is 0.331 e. The van der Waals surface area contributed by atoms with Gasteiger partial charge in [-0.15, -0.1) is 11.3 Å². The Morgan fingerprint density at radius 3 is 2.88 bits per heavy atom. The Bertz CT molecular complexity index is 459. The maximum Gasteiger partial charge on any atom is 0.195 e. The Morgan fingerprint density at radius 2 is 2.18 bits per heavy atom. The standard InChI is InChI=1S/C11H11N3OS2/c16-11(13-9-4-2-1-3-5-9)14-15-6-10-7-17-8-12-10/h1-5,7-8H,6H2,(H2,13,14,16). The van der Waals surface area contributed by atoms with E-state index in [-0.39, 0.29) is 0 Å². The van der Waals surface area contributed by atoms with E-state index >= 15 is 0 Å². The third-order valence-corrected chi connectivity index (χ3v) is 2.72. The van der Waals surface area contributed by atoms with Gasteiger partial charge in [0.15, 0.2) is 5.11 Å². The summed E-state index contributed by atoms with van der Waals surface area (Å²) < 4.78 is 0. The monoisotopic (exact) mass is 265 g/mol. The highest BCUT2D eigenvalue weighted by molar-refractivity contribution is 7.80. The zero-order chi connectivity index (χ0) is 11.9. The summed E-state index contributed by atoms with van der Waals surface area (Å²) in [5.41, 5.74) is 6.22. The van der Waals surface area contributed by atoms with Crippen molar-refractivity contribution in [3.63, 3.8) is 0 Å². The Labute approximate surface area is 109 Å². The molecule has 2 rings (SSSR count). The molecular formula is C11H11N3OS2. The van der Waals surface area contributed by atoms with Gasteiger partial charge in [0.2, 0.25) is 0 Å². The molecule has 4 nitrogen and oxygen atoms in total. The fourth-order valence-electron chi connectivity index (χ4n) is 1.16. The maximum atomic E-state index is 5.20. The smallest absolute Gasteiger partial charge is 0.195 e. The van der Waals surface area contributed by atoms with Gasteiger partial charge in [-0.25, -0.2) is 10.5 Å². The number of hydrogen-bond acceptors (Lipinski definition) is 4. The third-order valence-electron chi connectivity index (χ3n) is 1.90. The normalized spacial score (nSPS) is 9.88. The summed E-state index contributed by atoms with van der Waals surface area (Å²) >= 11 is 6.60. The first-order chi connectivity index (χ1) is 8.34.